The number of carbonyl (C=O) groups is 1. The first-order chi connectivity index (χ1) is 11.6. The highest BCUT2D eigenvalue weighted by molar-refractivity contribution is 7.80. The van der Waals surface area contributed by atoms with E-state index in [1.165, 1.54) is 5.69 Å². The highest BCUT2D eigenvalue weighted by atomic mass is 32.1. The number of rotatable bonds is 3. The Morgan fingerprint density at radius 2 is 2.04 bits per heavy atom. The van der Waals surface area contributed by atoms with Gasteiger partial charge in [0, 0.05) is 30.7 Å². The average Bonchev–Trinajstić information content (AvgIpc) is 3.05. The summed E-state index contributed by atoms with van der Waals surface area (Å²) in [6, 6.07) is 11.6. The molecule has 1 aliphatic rings. The lowest BCUT2D eigenvalue weighted by Gasteiger charge is -2.36. The van der Waals surface area contributed by atoms with Crippen molar-refractivity contribution in [2.75, 3.05) is 18.5 Å². The zero-order chi connectivity index (χ0) is 17.1. The van der Waals surface area contributed by atoms with E-state index < -0.39 is 0 Å². The minimum Gasteiger partial charge on any atom is -0.462 e. The molecule has 3 rings (SSSR count). The number of esters is 1. The SMILES string of the molecule is CCOC(=O)c1ccc(NC(=S)N2CCn3cccc3C2C)cc1. The molecule has 0 spiro atoms. The molecule has 1 unspecified atom stereocenters. The molecule has 0 amide bonds. The third-order valence-electron chi connectivity index (χ3n) is 4.25. The number of thiocarbonyl (C=S) groups is 1. The largest absolute Gasteiger partial charge is 0.462 e. The molecule has 1 aromatic heterocycles. The summed E-state index contributed by atoms with van der Waals surface area (Å²) < 4.78 is 7.25. The van der Waals surface area contributed by atoms with Crippen molar-refractivity contribution < 1.29 is 9.53 Å². The molecule has 0 saturated heterocycles. The van der Waals surface area contributed by atoms with Gasteiger partial charge < -0.3 is 19.5 Å². The van der Waals surface area contributed by atoms with Crippen LogP contribution in [0, 0.1) is 0 Å². The molecule has 0 bridgehead atoms. The zero-order valence-electron chi connectivity index (χ0n) is 13.9. The van der Waals surface area contributed by atoms with E-state index in [1.54, 1.807) is 19.1 Å². The topological polar surface area (TPSA) is 46.5 Å². The fourth-order valence-corrected chi connectivity index (χ4v) is 3.32. The van der Waals surface area contributed by atoms with Crippen LogP contribution in [0.15, 0.2) is 42.6 Å². The Morgan fingerprint density at radius 1 is 1.29 bits per heavy atom. The summed E-state index contributed by atoms with van der Waals surface area (Å²) in [7, 11) is 0. The van der Waals surface area contributed by atoms with Gasteiger partial charge >= 0.3 is 5.97 Å². The van der Waals surface area contributed by atoms with Crippen LogP contribution in [0.2, 0.25) is 0 Å². The molecule has 5 nitrogen and oxygen atoms in total. The number of hydrogen-bond donors (Lipinski definition) is 1. The van der Waals surface area contributed by atoms with Crippen molar-refractivity contribution in [3.8, 4) is 0 Å². The Balaban J connectivity index is 1.66. The van der Waals surface area contributed by atoms with Crippen LogP contribution in [0.1, 0.15) is 35.9 Å². The number of benzene rings is 1. The van der Waals surface area contributed by atoms with Gasteiger partial charge in [-0.1, -0.05) is 0 Å². The monoisotopic (exact) mass is 343 g/mol. The van der Waals surface area contributed by atoms with Crippen molar-refractivity contribution in [1.29, 1.82) is 0 Å². The van der Waals surface area contributed by atoms with E-state index in [0.29, 0.717) is 17.3 Å². The van der Waals surface area contributed by atoms with Crippen LogP contribution >= 0.6 is 12.2 Å². The van der Waals surface area contributed by atoms with Crippen molar-refractivity contribution in [2.45, 2.75) is 26.4 Å². The van der Waals surface area contributed by atoms with Crippen LogP contribution in [0.25, 0.3) is 0 Å². The van der Waals surface area contributed by atoms with Gasteiger partial charge in [0.25, 0.3) is 0 Å². The van der Waals surface area contributed by atoms with Gasteiger partial charge in [0.1, 0.15) is 0 Å². The molecule has 0 fully saturated rings. The predicted octanol–water partition coefficient (Wildman–Crippen LogP) is 3.44. The Hall–Kier alpha value is -2.34. The summed E-state index contributed by atoms with van der Waals surface area (Å²) in [6.45, 7) is 6.12. The van der Waals surface area contributed by atoms with Crippen molar-refractivity contribution in [1.82, 2.24) is 9.47 Å². The number of fused-ring (bicyclic) bond motifs is 1. The van der Waals surface area contributed by atoms with E-state index in [-0.39, 0.29) is 12.0 Å². The average molecular weight is 343 g/mol. The van der Waals surface area contributed by atoms with Gasteiger partial charge in [-0.15, -0.1) is 0 Å². The van der Waals surface area contributed by atoms with Crippen LogP contribution in [-0.4, -0.2) is 33.7 Å². The fourth-order valence-electron chi connectivity index (χ4n) is 2.96. The maximum Gasteiger partial charge on any atom is 0.338 e. The molecular formula is C18H21N3O2S. The predicted molar refractivity (Wildman–Crippen MR) is 98.2 cm³/mol. The number of hydrogen-bond acceptors (Lipinski definition) is 3. The number of nitrogens with one attached hydrogen (secondary N) is 1. The van der Waals surface area contributed by atoms with E-state index in [2.05, 4.69) is 40.0 Å². The van der Waals surface area contributed by atoms with Gasteiger partial charge in [0.2, 0.25) is 0 Å². The van der Waals surface area contributed by atoms with E-state index in [1.807, 2.05) is 12.1 Å². The lowest BCUT2D eigenvalue weighted by Crippen LogP contribution is -2.42. The van der Waals surface area contributed by atoms with Crippen molar-refractivity contribution >= 4 is 29.0 Å². The third kappa shape index (κ3) is 3.28. The van der Waals surface area contributed by atoms with Crippen molar-refractivity contribution in [2.24, 2.45) is 0 Å². The second kappa shape index (κ2) is 7.05. The quantitative estimate of drug-likeness (QED) is 0.683. The van der Waals surface area contributed by atoms with E-state index in [0.717, 1.165) is 18.8 Å². The minimum atomic E-state index is -0.308. The maximum absolute atomic E-state index is 11.7. The lowest BCUT2D eigenvalue weighted by atomic mass is 10.1. The Kier molecular flexibility index (Phi) is 4.85. The summed E-state index contributed by atoms with van der Waals surface area (Å²) in [5.74, 6) is -0.308. The third-order valence-corrected chi connectivity index (χ3v) is 4.59. The number of anilines is 1. The number of nitrogens with zero attached hydrogens (tertiary/aromatic N) is 2. The number of aromatic nitrogens is 1. The molecule has 24 heavy (non-hydrogen) atoms. The Morgan fingerprint density at radius 3 is 2.75 bits per heavy atom. The van der Waals surface area contributed by atoms with Gasteiger partial charge in [-0.05, 0) is 62.5 Å². The summed E-state index contributed by atoms with van der Waals surface area (Å²) in [5.41, 5.74) is 2.67. The first-order valence-corrected chi connectivity index (χ1v) is 8.51. The summed E-state index contributed by atoms with van der Waals surface area (Å²) in [6.07, 6.45) is 2.10. The van der Waals surface area contributed by atoms with Gasteiger partial charge in [-0.3, -0.25) is 0 Å². The lowest BCUT2D eigenvalue weighted by molar-refractivity contribution is 0.0526. The van der Waals surface area contributed by atoms with Crippen LogP contribution in [0.3, 0.4) is 0 Å². The van der Waals surface area contributed by atoms with Gasteiger partial charge in [0.05, 0.1) is 18.2 Å². The molecule has 0 radical (unpaired) electrons. The second-order valence-electron chi connectivity index (χ2n) is 5.72. The van der Waals surface area contributed by atoms with Crippen molar-refractivity contribution in [3.63, 3.8) is 0 Å². The van der Waals surface area contributed by atoms with Gasteiger partial charge in [-0.25, -0.2) is 4.79 Å². The molecule has 1 N–H and O–H groups in total. The first-order valence-electron chi connectivity index (χ1n) is 8.10. The summed E-state index contributed by atoms with van der Waals surface area (Å²) in [4.78, 5) is 13.9. The highest BCUT2D eigenvalue weighted by Gasteiger charge is 2.25. The molecule has 6 heteroatoms. The second-order valence-corrected chi connectivity index (χ2v) is 6.11. The molecule has 0 saturated carbocycles. The highest BCUT2D eigenvalue weighted by Crippen LogP contribution is 2.26. The first kappa shape index (κ1) is 16.5. The minimum absolute atomic E-state index is 0.229. The maximum atomic E-state index is 11.7. The summed E-state index contributed by atoms with van der Waals surface area (Å²) >= 11 is 5.58. The molecular weight excluding hydrogens is 322 g/mol. The van der Waals surface area contributed by atoms with E-state index in [4.69, 9.17) is 17.0 Å². The molecule has 2 aromatic rings. The normalized spacial score (nSPS) is 16.4. The van der Waals surface area contributed by atoms with Gasteiger partial charge in [-0.2, -0.15) is 0 Å². The molecule has 126 valence electrons. The Bertz CT molecular complexity index is 739. The van der Waals surface area contributed by atoms with Crippen LogP contribution in [0.4, 0.5) is 5.69 Å². The molecule has 1 aromatic carbocycles. The van der Waals surface area contributed by atoms with Gasteiger partial charge in [0.15, 0.2) is 5.11 Å². The molecule has 0 aliphatic carbocycles. The molecule has 1 aliphatic heterocycles. The van der Waals surface area contributed by atoms with Crippen LogP contribution in [-0.2, 0) is 11.3 Å². The fraction of sp³-hybridized carbons (Fsp3) is 0.333. The zero-order valence-corrected chi connectivity index (χ0v) is 14.7. The van der Waals surface area contributed by atoms with E-state index >= 15 is 0 Å². The van der Waals surface area contributed by atoms with Crippen LogP contribution in [0.5, 0.6) is 0 Å². The number of carbonyl (C=O) groups excluding carboxylic acids is 1. The van der Waals surface area contributed by atoms with E-state index in [9.17, 15) is 4.79 Å². The molecule has 2 heterocycles. The summed E-state index contributed by atoms with van der Waals surface area (Å²) in [5, 5.41) is 3.95. The number of ether oxygens (including phenoxy) is 1. The molecule has 1 atom stereocenters. The standard InChI is InChI=1S/C18H21N3O2S/c1-3-23-17(22)14-6-8-15(9-7-14)19-18(24)21-12-11-20-10-4-5-16(20)13(21)2/h4-10,13H,3,11-12H2,1-2H3,(H,19,24). The van der Waals surface area contributed by atoms with Crippen molar-refractivity contribution in [3.05, 3.63) is 53.9 Å². The smallest absolute Gasteiger partial charge is 0.338 e. The van der Waals surface area contributed by atoms with Crippen LogP contribution < -0.4 is 5.32 Å². The Labute approximate surface area is 147 Å².